The quantitative estimate of drug-likeness (QED) is 0.348. The summed E-state index contributed by atoms with van der Waals surface area (Å²) in [6.07, 6.45) is 1.69. The zero-order valence-electron chi connectivity index (χ0n) is 19.5. The third-order valence-electron chi connectivity index (χ3n) is 6.44. The Balaban J connectivity index is 1.15. The second kappa shape index (κ2) is 8.74. The van der Waals surface area contributed by atoms with Crippen molar-refractivity contribution in [1.82, 2.24) is 39.4 Å². The lowest BCUT2D eigenvalue weighted by Crippen LogP contribution is -2.47. The van der Waals surface area contributed by atoms with Crippen molar-refractivity contribution in [2.24, 2.45) is 0 Å². The summed E-state index contributed by atoms with van der Waals surface area (Å²) in [7, 11) is 0. The van der Waals surface area contributed by atoms with E-state index < -0.39 is 0 Å². The number of rotatable bonds is 4. The van der Waals surface area contributed by atoms with Crippen LogP contribution in [0, 0.1) is 24.6 Å². The molecule has 1 saturated heterocycles. The number of nitrogens with zero attached hydrogens (tertiary/aromatic N) is 9. The molecule has 0 bridgehead atoms. The van der Waals surface area contributed by atoms with Gasteiger partial charge in [0.2, 0.25) is 11.8 Å². The van der Waals surface area contributed by atoms with E-state index in [0.717, 1.165) is 30.7 Å². The van der Waals surface area contributed by atoms with Gasteiger partial charge in [-0.2, -0.15) is 19.6 Å². The molecule has 0 aliphatic carbocycles. The maximum Gasteiger partial charge on any atom is 0.226 e. The number of hydrogen-bond acceptors (Lipinski definition) is 10. The molecule has 0 radical (unpaired) electrons. The maximum atomic E-state index is 14.7. The van der Waals surface area contributed by atoms with Crippen LogP contribution in [-0.4, -0.2) is 83.9 Å². The predicted octanol–water partition coefficient (Wildman–Crippen LogP) is 0.811. The van der Waals surface area contributed by atoms with Gasteiger partial charge in [-0.25, -0.2) is 9.07 Å². The molecular weight excluding hydrogens is 467 g/mol. The van der Waals surface area contributed by atoms with Crippen molar-refractivity contribution in [1.29, 1.82) is 0 Å². The van der Waals surface area contributed by atoms with E-state index in [1.165, 1.54) is 10.6 Å². The van der Waals surface area contributed by atoms with Crippen LogP contribution in [0.2, 0.25) is 0 Å². The Morgan fingerprint density at radius 1 is 1.11 bits per heavy atom. The first kappa shape index (κ1) is 22.2. The molecule has 12 nitrogen and oxygen atoms in total. The highest BCUT2D eigenvalue weighted by molar-refractivity contribution is 5.89. The van der Waals surface area contributed by atoms with Crippen LogP contribution in [0.4, 0.5) is 16.0 Å². The molecule has 13 heteroatoms. The van der Waals surface area contributed by atoms with Crippen LogP contribution in [0.15, 0.2) is 22.9 Å². The van der Waals surface area contributed by atoms with Gasteiger partial charge in [-0.1, -0.05) is 11.1 Å². The summed E-state index contributed by atoms with van der Waals surface area (Å²) in [5.41, 5.74) is 9.03. The monoisotopic (exact) mass is 490 g/mol. The van der Waals surface area contributed by atoms with E-state index in [2.05, 4.69) is 47.0 Å². The lowest BCUT2D eigenvalue weighted by Gasteiger charge is -2.36. The summed E-state index contributed by atoms with van der Waals surface area (Å²) in [4.78, 5) is 13.2. The Labute approximate surface area is 204 Å². The van der Waals surface area contributed by atoms with Gasteiger partial charge in [0.15, 0.2) is 16.9 Å². The molecule has 1 aliphatic rings. The molecule has 0 atom stereocenters. The number of fused-ring (bicyclic) bond motifs is 4. The van der Waals surface area contributed by atoms with Crippen molar-refractivity contribution in [3.63, 3.8) is 0 Å². The molecule has 36 heavy (non-hydrogen) atoms. The van der Waals surface area contributed by atoms with Crippen LogP contribution < -0.4 is 10.6 Å². The van der Waals surface area contributed by atoms with Crippen LogP contribution in [0.3, 0.4) is 0 Å². The first-order chi connectivity index (χ1) is 17.5. The van der Waals surface area contributed by atoms with Gasteiger partial charge < -0.3 is 20.3 Å². The van der Waals surface area contributed by atoms with Gasteiger partial charge in [-0.3, -0.25) is 4.90 Å². The first-order valence-electron chi connectivity index (χ1n) is 11.5. The van der Waals surface area contributed by atoms with E-state index in [0.29, 0.717) is 47.6 Å². The van der Waals surface area contributed by atoms with Gasteiger partial charge in [-0.05, 0) is 18.9 Å². The second-order valence-corrected chi connectivity index (χ2v) is 8.60. The third kappa shape index (κ3) is 3.76. The SMILES string of the molecule is Cc1noc2cc(F)c(N3CCN(CCn4ncc5c4nc(N)n4nc(C#CCO)nc54)CC3)cc12. The summed E-state index contributed by atoms with van der Waals surface area (Å²) in [5.74, 6) is 5.35. The number of aromatic nitrogens is 7. The van der Waals surface area contributed by atoms with Crippen molar-refractivity contribution in [2.45, 2.75) is 13.5 Å². The third-order valence-corrected chi connectivity index (χ3v) is 6.44. The van der Waals surface area contributed by atoms with Gasteiger partial charge in [0, 0.05) is 44.2 Å². The summed E-state index contributed by atoms with van der Waals surface area (Å²) >= 11 is 0. The summed E-state index contributed by atoms with van der Waals surface area (Å²) in [6, 6.07) is 3.23. The number of nitrogen functional groups attached to an aromatic ring is 1. The van der Waals surface area contributed by atoms with Gasteiger partial charge in [-0.15, -0.1) is 5.10 Å². The lowest BCUT2D eigenvalue weighted by molar-refractivity contribution is 0.245. The molecule has 3 N–H and O–H groups in total. The van der Waals surface area contributed by atoms with Crippen molar-refractivity contribution in [3.8, 4) is 11.8 Å². The Kier molecular flexibility index (Phi) is 5.39. The molecule has 184 valence electrons. The molecule has 4 aromatic heterocycles. The fraction of sp³-hybridized carbons (Fsp3) is 0.348. The minimum atomic E-state index is -0.302. The molecule has 1 aromatic carbocycles. The Morgan fingerprint density at radius 3 is 2.75 bits per heavy atom. The zero-order chi connectivity index (χ0) is 24.8. The van der Waals surface area contributed by atoms with Crippen LogP contribution in [-0.2, 0) is 6.54 Å². The molecule has 5 heterocycles. The first-order valence-corrected chi connectivity index (χ1v) is 11.5. The van der Waals surface area contributed by atoms with Gasteiger partial charge in [0.1, 0.15) is 12.4 Å². The smallest absolute Gasteiger partial charge is 0.226 e. The van der Waals surface area contributed by atoms with E-state index in [4.69, 9.17) is 15.4 Å². The van der Waals surface area contributed by atoms with Crippen LogP contribution >= 0.6 is 0 Å². The number of aliphatic hydroxyl groups excluding tert-OH is 1. The Hall–Kier alpha value is -4.28. The van der Waals surface area contributed by atoms with Crippen molar-refractivity contribution < 1.29 is 14.0 Å². The maximum absolute atomic E-state index is 14.7. The van der Waals surface area contributed by atoms with Gasteiger partial charge >= 0.3 is 0 Å². The van der Waals surface area contributed by atoms with Crippen molar-refractivity contribution in [3.05, 3.63) is 35.7 Å². The summed E-state index contributed by atoms with van der Waals surface area (Å²) < 4.78 is 23.1. The van der Waals surface area contributed by atoms with Gasteiger partial charge in [0.05, 0.1) is 29.5 Å². The van der Waals surface area contributed by atoms with Crippen molar-refractivity contribution >= 4 is 39.3 Å². The van der Waals surface area contributed by atoms with E-state index >= 15 is 0 Å². The van der Waals surface area contributed by atoms with Gasteiger partial charge in [0.25, 0.3) is 0 Å². The number of aliphatic hydroxyl groups is 1. The van der Waals surface area contributed by atoms with Crippen LogP contribution in [0.25, 0.3) is 27.6 Å². The number of aryl methyl sites for hydroxylation is 1. The predicted molar refractivity (Wildman–Crippen MR) is 130 cm³/mol. The highest BCUT2D eigenvalue weighted by Gasteiger charge is 2.22. The van der Waals surface area contributed by atoms with E-state index in [1.807, 2.05) is 13.0 Å². The minimum Gasteiger partial charge on any atom is -0.384 e. The Morgan fingerprint density at radius 2 is 1.94 bits per heavy atom. The molecule has 0 amide bonds. The topological polar surface area (TPSA) is 140 Å². The number of nitrogens with two attached hydrogens (primary N) is 1. The highest BCUT2D eigenvalue weighted by Crippen LogP contribution is 2.28. The largest absolute Gasteiger partial charge is 0.384 e. The molecule has 0 spiro atoms. The molecule has 6 rings (SSSR count). The average molecular weight is 491 g/mol. The van der Waals surface area contributed by atoms with Crippen molar-refractivity contribution in [2.75, 3.05) is 50.0 Å². The minimum absolute atomic E-state index is 0.180. The molecule has 0 unspecified atom stereocenters. The number of piperazine rings is 1. The normalized spacial score (nSPS) is 14.7. The number of halogens is 1. The molecular formula is C23H23FN10O2. The fourth-order valence-electron chi connectivity index (χ4n) is 4.55. The number of benzene rings is 1. The number of hydrogen-bond donors (Lipinski definition) is 2. The Bertz CT molecular complexity index is 1650. The average Bonchev–Trinajstić information content (AvgIpc) is 3.59. The summed E-state index contributed by atoms with van der Waals surface area (Å²) in [6.45, 7) is 5.92. The van der Waals surface area contributed by atoms with Crippen LogP contribution in [0.1, 0.15) is 11.5 Å². The summed E-state index contributed by atoms with van der Waals surface area (Å²) in [5, 5.41) is 23.1. The van der Waals surface area contributed by atoms with Crippen LogP contribution in [0.5, 0.6) is 0 Å². The lowest BCUT2D eigenvalue weighted by atomic mass is 10.1. The standard InChI is InChI=1S/C23H23FN10O2/c1-14-15-11-18(17(24)12-19(15)36-30-14)32-7-4-31(5-8-32)6-9-33-21-16(13-26-33)22-27-20(3-2-10-35)29-34(22)23(25)28-21/h11-13,35H,4-10H2,1H3,(H2,25,28). The fourth-order valence-corrected chi connectivity index (χ4v) is 4.55. The highest BCUT2D eigenvalue weighted by atomic mass is 19.1. The second-order valence-electron chi connectivity index (χ2n) is 8.60. The van der Waals surface area contributed by atoms with E-state index in [1.54, 1.807) is 10.9 Å². The van der Waals surface area contributed by atoms with E-state index in [9.17, 15) is 4.39 Å². The molecule has 1 aliphatic heterocycles. The zero-order valence-corrected chi connectivity index (χ0v) is 19.5. The number of anilines is 2. The molecule has 0 saturated carbocycles. The molecule has 1 fully saturated rings. The van der Waals surface area contributed by atoms with E-state index in [-0.39, 0.29) is 24.2 Å². The molecule has 5 aromatic rings.